The zero-order valence-electron chi connectivity index (χ0n) is 11.8. The normalized spacial score (nSPS) is 17.4. The Labute approximate surface area is 129 Å². The van der Waals surface area contributed by atoms with Gasteiger partial charge in [-0.3, -0.25) is 9.69 Å². The highest BCUT2D eigenvalue weighted by molar-refractivity contribution is 8.26. The highest BCUT2D eigenvalue weighted by Crippen LogP contribution is 2.34. The van der Waals surface area contributed by atoms with Crippen LogP contribution in [0.3, 0.4) is 0 Å². The van der Waals surface area contributed by atoms with Crippen LogP contribution in [0, 0.1) is 0 Å². The van der Waals surface area contributed by atoms with E-state index in [1.807, 2.05) is 51.1 Å². The van der Waals surface area contributed by atoms with Crippen LogP contribution in [0.4, 0.5) is 0 Å². The van der Waals surface area contributed by atoms with E-state index in [-0.39, 0.29) is 12.0 Å². The maximum atomic E-state index is 12.2. The van der Waals surface area contributed by atoms with Crippen molar-refractivity contribution in [2.75, 3.05) is 6.54 Å². The quantitative estimate of drug-likeness (QED) is 0.627. The van der Waals surface area contributed by atoms with Crippen molar-refractivity contribution in [2.24, 2.45) is 0 Å². The monoisotopic (exact) mass is 307 g/mol. The lowest BCUT2D eigenvalue weighted by molar-refractivity contribution is -0.121. The third-order valence-corrected chi connectivity index (χ3v) is 4.14. The molecule has 2 rings (SSSR count). The molecule has 0 atom stereocenters. The summed E-state index contributed by atoms with van der Waals surface area (Å²) in [6, 6.07) is 7.70. The molecule has 106 valence electrons. The number of nitrogens with zero attached hydrogens (tertiary/aromatic N) is 1. The lowest BCUT2D eigenvalue weighted by Gasteiger charge is -2.12. The van der Waals surface area contributed by atoms with Gasteiger partial charge in [0.25, 0.3) is 5.91 Å². The van der Waals surface area contributed by atoms with Gasteiger partial charge in [0, 0.05) is 12.1 Å². The fourth-order valence-electron chi connectivity index (χ4n) is 1.87. The van der Waals surface area contributed by atoms with Crippen LogP contribution >= 0.6 is 24.0 Å². The molecule has 5 heteroatoms. The number of hydrogen-bond donors (Lipinski definition) is 0. The largest absolute Gasteiger partial charge is 0.490 e. The summed E-state index contributed by atoms with van der Waals surface area (Å²) >= 11 is 6.55. The first-order chi connectivity index (χ1) is 9.52. The van der Waals surface area contributed by atoms with Crippen molar-refractivity contribution in [1.29, 1.82) is 0 Å². The molecule has 1 aliphatic rings. The van der Waals surface area contributed by atoms with Crippen LogP contribution in [0.5, 0.6) is 5.75 Å². The number of thiocarbonyl (C=S) groups is 1. The van der Waals surface area contributed by atoms with Crippen LogP contribution in [-0.4, -0.2) is 27.8 Å². The predicted octanol–water partition coefficient (Wildman–Crippen LogP) is 3.69. The zero-order valence-corrected chi connectivity index (χ0v) is 13.4. The molecular formula is C15H17NO2S2. The van der Waals surface area contributed by atoms with Gasteiger partial charge in [-0.15, -0.1) is 0 Å². The van der Waals surface area contributed by atoms with Gasteiger partial charge in [-0.2, -0.15) is 0 Å². The van der Waals surface area contributed by atoms with E-state index in [0.29, 0.717) is 15.8 Å². The minimum Gasteiger partial charge on any atom is -0.490 e. The van der Waals surface area contributed by atoms with Crippen molar-refractivity contribution in [3.63, 3.8) is 0 Å². The molecular weight excluding hydrogens is 290 g/mol. The first kappa shape index (κ1) is 15.1. The predicted molar refractivity (Wildman–Crippen MR) is 87.8 cm³/mol. The third-order valence-electron chi connectivity index (χ3n) is 2.76. The Morgan fingerprint density at radius 1 is 1.40 bits per heavy atom. The van der Waals surface area contributed by atoms with E-state index in [1.165, 1.54) is 11.8 Å². The molecule has 1 aliphatic heterocycles. The van der Waals surface area contributed by atoms with Gasteiger partial charge in [0.05, 0.1) is 11.0 Å². The summed E-state index contributed by atoms with van der Waals surface area (Å²) in [5, 5.41) is 0. The van der Waals surface area contributed by atoms with E-state index < -0.39 is 0 Å². The number of ether oxygens (including phenoxy) is 1. The average Bonchev–Trinajstić information content (AvgIpc) is 2.66. The average molecular weight is 307 g/mol. The second-order valence-corrected chi connectivity index (χ2v) is 6.31. The van der Waals surface area contributed by atoms with Gasteiger partial charge in [0.1, 0.15) is 10.1 Å². The lowest BCUT2D eigenvalue weighted by Crippen LogP contribution is -2.27. The Bertz CT molecular complexity index is 567. The number of carbonyl (C=O) groups is 1. The van der Waals surface area contributed by atoms with Gasteiger partial charge in [-0.25, -0.2) is 0 Å². The molecule has 1 aromatic rings. The smallest absolute Gasteiger partial charge is 0.266 e. The van der Waals surface area contributed by atoms with Crippen molar-refractivity contribution in [3.8, 4) is 5.75 Å². The molecule has 1 aromatic carbocycles. The minimum absolute atomic E-state index is 0.0261. The molecule has 3 nitrogen and oxygen atoms in total. The van der Waals surface area contributed by atoms with Gasteiger partial charge >= 0.3 is 0 Å². The van der Waals surface area contributed by atoms with E-state index in [1.54, 1.807) is 4.90 Å². The minimum atomic E-state index is -0.0261. The number of benzene rings is 1. The van der Waals surface area contributed by atoms with E-state index in [2.05, 4.69) is 0 Å². The molecule has 0 unspecified atom stereocenters. The number of rotatable bonds is 4. The molecule has 1 heterocycles. The molecule has 0 radical (unpaired) electrons. The third kappa shape index (κ3) is 3.22. The Hall–Kier alpha value is -1.33. The van der Waals surface area contributed by atoms with E-state index >= 15 is 0 Å². The maximum Gasteiger partial charge on any atom is 0.266 e. The van der Waals surface area contributed by atoms with E-state index in [4.69, 9.17) is 17.0 Å². The molecule has 0 saturated carbocycles. The molecule has 0 spiro atoms. The lowest BCUT2D eigenvalue weighted by atomic mass is 10.2. The fourth-order valence-corrected chi connectivity index (χ4v) is 3.25. The van der Waals surface area contributed by atoms with Gasteiger partial charge in [-0.05, 0) is 32.9 Å². The molecule has 0 N–H and O–H groups in total. The van der Waals surface area contributed by atoms with E-state index in [0.717, 1.165) is 11.3 Å². The standard InChI is InChI=1S/C15H17NO2S2/c1-4-16-14(17)13(20-15(16)19)9-11-7-5-6-8-12(11)18-10(2)3/h5-10H,4H2,1-3H3/b13-9-. The number of hydrogen-bond acceptors (Lipinski definition) is 4. The highest BCUT2D eigenvalue weighted by Gasteiger charge is 2.30. The van der Waals surface area contributed by atoms with Gasteiger partial charge in [-0.1, -0.05) is 42.2 Å². The molecule has 1 fully saturated rings. The topological polar surface area (TPSA) is 29.5 Å². The highest BCUT2D eigenvalue weighted by atomic mass is 32.2. The summed E-state index contributed by atoms with van der Waals surface area (Å²) < 4.78 is 6.38. The van der Waals surface area contributed by atoms with Crippen LogP contribution in [0.1, 0.15) is 26.3 Å². The van der Waals surface area contributed by atoms with Crippen molar-refractivity contribution in [1.82, 2.24) is 4.90 Å². The first-order valence-electron chi connectivity index (χ1n) is 6.54. The Morgan fingerprint density at radius 2 is 2.10 bits per heavy atom. The van der Waals surface area contributed by atoms with Crippen LogP contribution in [0.25, 0.3) is 6.08 Å². The van der Waals surface area contributed by atoms with Crippen LogP contribution < -0.4 is 4.74 Å². The Kier molecular flexibility index (Phi) is 4.83. The second-order valence-electron chi connectivity index (χ2n) is 4.63. The van der Waals surface area contributed by atoms with Gasteiger partial charge in [0.2, 0.25) is 0 Å². The second kappa shape index (κ2) is 6.41. The summed E-state index contributed by atoms with van der Waals surface area (Å²) in [4.78, 5) is 14.5. The number of amides is 1. The summed E-state index contributed by atoms with van der Waals surface area (Å²) in [7, 11) is 0. The molecule has 1 saturated heterocycles. The van der Waals surface area contributed by atoms with Crippen molar-refractivity contribution in [3.05, 3.63) is 34.7 Å². The Balaban J connectivity index is 2.32. The number of carbonyl (C=O) groups excluding carboxylic acids is 1. The molecule has 1 amide bonds. The summed E-state index contributed by atoms with van der Waals surface area (Å²) in [6.07, 6.45) is 1.95. The number of likely N-dealkylation sites (N-methyl/N-ethyl adjacent to an activating group) is 1. The SMILES string of the molecule is CCN1C(=O)/C(=C/c2ccccc2OC(C)C)SC1=S. The number of thioether (sulfide) groups is 1. The van der Waals surface area contributed by atoms with Gasteiger partial charge in [0.15, 0.2) is 0 Å². The van der Waals surface area contributed by atoms with Crippen LogP contribution in [-0.2, 0) is 4.79 Å². The van der Waals surface area contributed by atoms with Crippen molar-refractivity contribution < 1.29 is 9.53 Å². The maximum absolute atomic E-state index is 12.2. The first-order valence-corrected chi connectivity index (χ1v) is 7.76. The molecule has 0 aromatic heterocycles. The van der Waals surface area contributed by atoms with Crippen LogP contribution in [0.2, 0.25) is 0 Å². The summed E-state index contributed by atoms with van der Waals surface area (Å²) in [5.74, 6) is 0.756. The molecule has 0 aliphatic carbocycles. The van der Waals surface area contributed by atoms with Crippen molar-refractivity contribution in [2.45, 2.75) is 26.9 Å². The van der Waals surface area contributed by atoms with Crippen molar-refractivity contribution >= 4 is 40.3 Å². The van der Waals surface area contributed by atoms with Crippen LogP contribution in [0.15, 0.2) is 29.2 Å². The van der Waals surface area contributed by atoms with E-state index in [9.17, 15) is 4.79 Å². The fraction of sp³-hybridized carbons (Fsp3) is 0.333. The zero-order chi connectivity index (χ0) is 14.7. The Morgan fingerprint density at radius 3 is 2.70 bits per heavy atom. The molecule has 20 heavy (non-hydrogen) atoms. The summed E-state index contributed by atoms with van der Waals surface area (Å²) in [5.41, 5.74) is 0.901. The number of para-hydroxylation sites is 1. The summed E-state index contributed by atoms with van der Waals surface area (Å²) in [6.45, 7) is 6.48. The van der Waals surface area contributed by atoms with Gasteiger partial charge < -0.3 is 4.74 Å². The molecule has 0 bridgehead atoms.